The number of hydrogen-bond donors (Lipinski definition) is 3. The van der Waals surface area contributed by atoms with Gasteiger partial charge in [-0.1, -0.05) is 41.9 Å². The fourth-order valence-corrected chi connectivity index (χ4v) is 5.01. The monoisotopic (exact) mass is 580 g/mol. The van der Waals surface area contributed by atoms with Gasteiger partial charge in [0.15, 0.2) is 5.13 Å². The van der Waals surface area contributed by atoms with Gasteiger partial charge in [-0.2, -0.15) is 0 Å². The number of carbonyl (C=O) groups excluding carboxylic acids is 3. The molecule has 3 aromatic carbocycles. The molecule has 1 heterocycles. The van der Waals surface area contributed by atoms with E-state index in [9.17, 15) is 18.8 Å². The normalized spacial score (nSPS) is 11.9. The third kappa shape index (κ3) is 7.76. The van der Waals surface area contributed by atoms with E-state index < -0.39 is 22.9 Å². The van der Waals surface area contributed by atoms with Crippen LogP contribution in [0.4, 0.5) is 15.2 Å². The summed E-state index contributed by atoms with van der Waals surface area (Å²) < 4.78 is 14.5. The average Bonchev–Trinajstić information content (AvgIpc) is 3.43. The zero-order valence-corrected chi connectivity index (χ0v) is 22.9. The van der Waals surface area contributed by atoms with Gasteiger partial charge in [-0.15, -0.1) is 23.1 Å². The number of rotatable bonds is 9. The standard InChI is InChI=1S/C28H22ClFN4O3S2/c1-17(25(35)34-28-31-13-14-38-28)39-20-10-5-9-19(15-20)32-27(37)24(16-21-22(29)11-6-12-23(21)30)33-26(36)18-7-3-2-4-8-18/h2-17H,1H3,(H,32,37)(H,33,36)(H,31,34,35)/b24-16+. The van der Waals surface area contributed by atoms with Crippen LogP contribution in [-0.4, -0.2) is 28.0 Å². The van der Waals surface area contributed by atoms with Crippen molar-refractivity contribution in [2.75, 3.05) is 10.6 Å². The molecule has 7 nitrogen and oxygen atoms in total. The maximum absolute atomic E-state index is 14.5. The van der Waals surface area contributed by atoms with Crippen molar-refractivity contribution < 1.29 is 18.8 Å². The third-order valence-electron chi connectivity index (χ3n) is 5.25. The van der Waals surface area contributed by atoms with Crippen LogP contribution in [0.15, 0.2) is 95.0 Å². The van der Waals surface area contributed by atoms with Crippen molar-refractivity contribution in [1.82, 2.24) is 10.3 Å². The second-order valence-corrected chi connectivity index (χ2v) is 10.8. The third-order valence-corrected chi connectivity index (χ3v) is 7.37. The molecule has 39 heavy (non-hydrogen) atoms. The van der Waals surface area contributed by atoms with Gasteiger partial charge in [-0.25, -0.2) is 9.37 Å². The van der Waals surface area contributed by atoms with Gasteiger partial charge in [0, 0.05) is 33.3 Å². The van der Waals surface area contributed by atoms with Gasteiger partial charge in [0.25, 0.3) is 11.8 Å². The van der Waals surface area contributed by atoms with Crippen molar-refractivity contribution in [2.24, 2.45) is 0 Å². The highest BCUT2D eigenvalue weighted by Gasteiger charge is 2.19. The first-order valence-electron chi connectivity index (χ1n) is 11.6. The number of thioether (sulfide) groups is 1. The lowest BCUT2D eigenvalue weighted by Crippen LogP contribution is -2.30. The Morgan fingerprint density at radius 3 is 2.51 bits per heavy atom. The summed E-state index contributed by atoms with van der Waals surface area (Å²) in [5.41, 5.74) is 0.489. The van der Waals surface area contributed by atoms with Crippen molar-refractivity contribution in [3.05, 3.63) is 112 Å². The van der Waals surface area contributed by atoms with Crippen LogP contribution in [0.25, 0.3) is 6.08 Å². The molecule has 11 heteroatoms. The number of nitrogens with zero attached hydrogens (tertiary/aromatic N) is 1. The van der Waals surface area contributed by atoms with Crippen LogP contribution < -0.4 is 16.0 Å². The Morgan fingerprint density at radius 1 is 1.03 bits per heavy atom. The number of benzene rings is 3. The van der Waals surface area contributed by atoms with Crippen molar-refractivity contribution in [2.45, 2.75) is 17.1 Å². The van der Waals surface area contributed by atoms with E-state index in [1.807, 2.05) is 0 Å². The summed E-state index contributed by atoms with van der Waals surface area (Å²) in [6.07, 6.45) is 2.80. The lowest BCUT2D eigenvalue weighted by molar-refractivity contribution is -0.115. The number of carbonyl (C=O) groups is 3. The molecule has 0 saturated heterocycles. The van der Waals surface area contributed by atoms with Crippen LogP contribution >= 0.6 is 34.7 Å². The Hall–Kier alpha value is -3.99. The second-order valence-electron chi connectivity index (χ2n) is 8.08. The second kappa shape index (κ2) is 13.2. The minimum absolute atomic E-state index is 0.0398. The first kappa shape index (κ1) is 28.0. The van der Waals surface area contributed by atoms with Crippen LogP contribution in [0.1, 0.15) is 22.8 Å². The van der Waals surface area contributed by atoms with E-state index in [1.54, 1.807) is 73.1 Å². The van der Waals surface area contributed by atoms with E-state index in [0.29, 0.717) is 16.4 Å². The molecule has 3 N–H and O–H groups in total. The van der Waals surface area contributed by atoms with Crippen molar-refractivity contribution >= 4 is 69.3 Å². The summed E-state index contributed by atoms with van der Waals surface area (Å²) in [5.74, 6) is -2.09. The van der Waals surface area contributed by atoms with Gasteiger partial charge < -0.3 is 16.0 Å². The Balaban J connectivity index is 1.53. The number of halogens is 2. The maximum Gasteiger partial charge on any atom is 0.272 e. The quantitative estimate of drug-likeness (QED) is 0.156. The maximum atomic E-state index is 14.5. The molecular weight excluding hydrogens is 559 g/mol. The van der Waals surface area contributed by atoms with Gasteiger partial charge in [0.2, 0.25) is 5.91 Å². The van der Waals surface area contributed by atoms with Crippen molar-refractivity contribution in [3.63, 3.8) is 0 Å². The zero-order valence-electron chi connectivity index (χ0n) is 20.5. The SMILES string of the molecule is CC(Sc1cccc(NC(=O)/C(=C\c2c(F)cccc2Cl)NC(=O)c2ccccc2)c1)C(=O)Nc1nccs1. The number of hydrogen-bond acceptors (Lipinski definition) is 6. The largest absolute Gasteiger partial charge is 0.321 e. The Kier molecular flexibility index (Phi) is 9.48. The topological polar surface area (TPSA) is 100 Å². The zero-order chi connectivity index (χ0) is 27.8. The fraction of sp³-hybridized carbons (Fsp3) is 0.0714. The molecule has 0 saturated carbocycles. The summed E-state index contributed by atoms with van der Waals surface area (Å²) >= 11 is 8.79. The molecule has 1 atom stereocenters. The Labute approximate surface area is 237 Å². The number of thiazole rings is 1. The van der Waals surface area contributed by atoms with E-state index in [-0.39, 0.29) is 22.2 Å². The van der Waals surface area contributed by atoms with E-state index >= 15 is 0 Å². The number of amides is 3. The smallest absolute Gasteiger partial charge is 0.272 e. The van der Waals surface area contributed by atoms with Crippen molar-refractivity contribution in [3.8, 4) is 0 Å². The molecule has 0 spiro atoms. The molecule has 1 aromatic heterocycles. The number of aromatic nitrogens is 1. The molecule has 4 rings (SSSR count). The summed E-state index contributed by atoms with van der Waals surface area (Å²) in [7, 11) is 0. The number of anilines is 2. The fourth-order valence-electron chi connectivity index (χ4n) is 3.33. The van der Waals surface area contributed by atoms with E-state index in [0.717, 1.165) is 4.90 Å². The van der Waals surface area contributed by atoms with Gasteiger partial charge in [0.1, 0.15) is 11.5 Å². The van der Waals surface area contributed by atoms with Crippen LogP contribution in [0.2, 0.25) is 5.02 Å². The molecule has 198 valence electrons. The molecule has 0 bridgehead atoms. The molecule has 1 unspecified atom stereocenters. The van der Waals surface area contributed by atoms with E-state index in [2.05, 4.69) is 20.9 Å². The van der Waals surface area contributed by atoms with Gasteiger partial charge in [0.05, 0.1) is 10.3 Å². The molecule has 0 aliphatic carbocycles. The van der Waals surface area contributed by atoms with Crippen LogP contribution in [0, 0.1) is 5.82 Å². The summed E-state index contributed by atoms with van der Waals surface area (Å²) in [5, 5.41) is 9.97. The van der Waals surface area contributed by atoms with Crippen LogP contribution in [0.5, 0.6) is 0 Å². The highest BCUT2D eigenvalue weighted by Crippen LogP contribution is 2.27. The molecule has 0 fully saturated rings. The minimum atomic E-state index is -0.685. The Bertz CT molecular complexity index is 1490. The average molecular weight is 581 g/mol. The van der Waals surface area contributed by atoms with Gasteiger partial charge in [-0.05, 0) is 55.5 Å². The Morgan fingerprint density at radius 2 is 1.79 bits per heavy atom. The van der Waals surface area contributed by atoms with Gasteiger partial charge in [-0.3, -0.25) is 14.4 Å². The highest BCUT2D eigenvalue weighted by molar-refractivity contribution is 8.00. The molecule has 0 aliphatic heterocycles. The molecule has 4 aromatic rings. The summed E-state index contributed by atoms with van der Waals surface area (Å²) in [4.78, 5) is 43.4. The predicted octanol–water partition coefficient (Wildman–Crippen LogP) is 6.46. The highest BCUT2D eigenvalue weighted by atomic mass is 35.5. The minimum Gasteiger partial charge on any atom is -0.321 e. The van der Waals surface area contributed by atoms with Crippen LogP contribution in [0.3, 0.4) is 0 Å². The first-order valence-corrected chi connectivity index (χ1v) is 13.7. The molecule has 0 radical (unpaired) electrons. The van der Waals surface area contributed by atoms with E-state index in [1.165, 1.54) is 47.4 Å². The summed E-state index contributed by atoms with van der Waals surface area (Å²) in [6, 6.07) is 19.3. The van der Waals surface area contributed by atoms with Crippen molar-refractivity contribution in [1.29, 1.82) is 0 Å². The van der Waals surface area contributed by atoms with Gasteiger partial charge >= 0.3 is 0 Å². The molecule has 3 amide bonds. The lowest BCUT2D eigenvalue weighted by Gasteiger charge is -2.14. The predicted molar refractivity (Wildman–Crippen MR) is 154 cm³/mol. The first-order chi connectivity index (χ1) is 18.8. The van der Waals surface area contributed by atoms with Crippen LogP contribution in [-0.2, 0) is 9.59 Å². The number of nitrogens with one attached hydrogen (secondary N) is 3. The lowest BCUT2D eigenvalue weighted by atomic mass is 10.1. The summed E-state index contributed by atoms with van der Waals surface area (Å²) in [6.45, 7) is 1.76. The van der Waals surface area contributed by atoms with E-state index in [4.69, 9.17) is 11.6 Å². The molecular formula is C28H22ClFN4O3S2. The molecule has 0 aliphatic rings.